The standard InChI is InChI=1S/C18H12BrNO7/c1-25-18(22)10-2-5-15(14(6-10)20(23)24)26-9-11-7-17(21)27-16-8-12(19)3-4-13(11)16/h2-8H,9H2,1H3. The molecule has 0 aliphatic heterocycles. The zero-order chi connectivity index (χ0) is 19.6. The summed E-state index contributed by atoms with van der Waals surface area (Å²) >= 11 is 3.30. The van der Waals surface area contributed by atoms with Crippen molar-refractivity contribution in [3.8, 4) is 5.75 Å². The van der Waals surface area contributed by atoms with Crippen molar-refractivity contribution in [2.24, 2.45) is 0 Å². The minimum absolute atomic E-state index is 0.0344. The Kier molecular flexibility index (Phi) is 5.22. The lowest BCUT2D eigenvalue weighted by atomic mass is 10.1. The number of rotatable bonds is 5. The average molecular weight is 434 g/mol. The van der Waals surface area contributed by atoms with Crippen molar-refractivity contribution in [3.05, 3.63) is 78.6 Å². The first-order valence-corrected chi connectivity index (χ1v) is 8.40. The summed E-state index contributed by atoms with van der Waals surface area (Å²) in [4.78, 5) is 34.0. The van der Waals surface area contributed by atoms with Gasteiger partial charge in [-0.1, -0.05) is 15.9 Å². The van der Waals surface area contributed by atoms with Crippen LogP contribution in [0.1, 0.15) is 15.9 Å². The van der Waals surface area contributed by atoms with Gasteiger partial charge in [0.05, 0.1) is 17.6 Å². The minimum Gasteiger partial charge on any atom is -0.482 e. The van der Waals surface area contributed by atoms with Gasteiger partial charge in [0.1, 0.15) is 12.2 Å². The van der Waals surface area contributed by atoms with E-state index in [0.29, 0.717) is 16.5 Å². The summed E-state index contributed by atoms with van der Waals surface area (Å²) in [5.41, 5.74) is -0.0269. The van der Waals surface area contributed by atoms with E-state index in [1.807, 2.05) is 0 Å². The first kappa shape index (κ1) is 18.6. The zero-order valence-electron chi connectivity index (χ0n) is 13.9. The predicted octanol–water partition coefficient (Wildman–Crippen LogP) is 3.83. The number of esters is 1. The van der Waals surface area contributed by atoms with E-state index in [4.69, 9.17) is 9.15 Å². The van der Waals surface area contributed by atoms with Crippen LogP contribution >= 0.6 is 15.9 Å². The van der Waals surface area contributed by atoms with Gasteiger partial charge in [-0.05, 0) is 30.3 Å². The molecule has 0 bridgehead atoms. The van der Waals surface area contributed by atoms with Gasteiger partial charge in [-0.2, -0.15) is 0 Å². The molecule has 0 radical (unpaired) electrons. The van der Waals surface area contributed by atoms with Crippen LogP contribution in [-0.2, 0) is 11.3 Å². The van der Waals surface area contributed by atoms with Crippen LogP contribution in [-0.4, -0.2) is 18.0 Å². The second-order valence-electron chi connectivity index (χ2n) is 5.45. The van der Waals surface area contributed by atoms with E-state index in [2.05, 4.69) is 20.7 Å². The maximum Gasteiger partial charge on any atom is 0.338 e. The fourth-order valence-corrected chi connectivity index (χ4v) is 2.85. The lowest BCUT2D eigenvalue weighted by Gasteiger charge is -2.09. The number of hydrogen-bond acceptors (Lipinski definition) is 7. The molecule has 2 aromatic carbocycles. The Labute approximate surface area is 160 Å². The Morgan fingerprint density at radius 3 is 2.70 bits per heavy atom. The molecular weight excluding hydrogens is 422 g/mol. The molecular formula is C18H12BrNO7. The summed E-state index contributed by atoms with van der Waals surface area (Å²) in [7, 11) is 1.18. The summed E-state index contributed by atoms with van der Waals surface area (Å²) < 4.78 is 16.0. The smallest absolute Gasteiger partial charge is 0.338 e. The average Bonchev–Trinajstić information content (AvgIpc) is 2.64. The molecule has 0 aliphatic rings. The Morgan fingerprint density at radius 1 is 1.22 bits per heavy atom. The molecule has 0 amide bonds. The third-order valence-electron chi connectivity index (χ3n) is 3.75. The van der Waals surface area contributed by atoms with Crippen molar-refractivity contribution in [1.29, 1.82) is 0 Å². The predicted molar refractivity (Wildman–Crippen MR) is 99.0 cm³/mol. The second kappa shape index (κ2) is 7.58. The number of nitro groups is 1. The van der Waals surface area contributed by atoms with E-state index in [0.717, 1.165) is 10.5 Å². The van der Waals surface area contributed by atoms with Crippen LogP contribution in [0.15, 0.2) is 56.1 Å². The van der Waals surface area contributed by atoms with Crippen molar-refractivity contribution in [1.82, 2.24) is 0 Å². The van der Waals surface area contributed by atoms with Gasteiger partial charge in [0.2, 0.25) is 0 Å². The topological polar surface area (TPSA) is 109 Å². The van der Waals surface area contributed by atoms with Gasteiger partial charge in [-0.15, -0.1) is 0 Å². The number of ether oxygens (including phenoxy) is 2. The fraction of sp³-hybridized carbons (Fsp3) is 0.111. The highest BCUT2D eigenvalue weighted by molar-refractivity contribution is 9.10. The van der Waals surface area contributed by atoms with Crippen molar-refractivity contribution >= 4 is 38.6 Å². The largest absolute Gasteiger partial charge is 0.482 e. The molecule has 0 N–H and O–H groups in total. The number of methoxy groups -OCH3 is 1. The van der Waals surface area contributed by atoms with Crippen LogP contribution in [0.25, 0.3) is 11.0 Å². The molecule has 0 unspecified atom stereocenters. The summed E-state index contributed by atoms with van der Waals surface area (Å²) in [6, 6.07) is 10.2. The number of hydrogen-bond donors (Lipinski definition) is 0. The second-order valence-corrected chi connectivity index (χ2v) is 6.37. The molecule has 1 heterocycles. The Morgan fingerprint density at radius 2 is 2.00 bits per heavy atom. The molecule has 138 valence electrons. The Balaban J connectivity index is 1.95. The highest BCUT2D eigenvalue weighted by Gasteiger charge is 2.19. The summed E-state index contributed by atoms with van der Waals surface area (Å²) in [5.74, 6) is -0.729. The van der Waals surface area contributed by atoms with Crippen LogP contribution in [0.3, 0.4) is 0 Å². The van der Waals surface area contributed by atoms with E-state index in [1.165, 1.54) is 25.3 Å². The Bertz CT molecular complexity index is 1110. The van der Waals surface area contributed by atoms with E-state index in [9.17, 15) is 19.7 Å². The number of carbonyl (C=O) groups is 1. The first-order valence-electron chi connectivity index (χ1n) is 7.61. The molecule has 0 saturated heterocycles. The van der Waals surface area contributed by atoms with E-state index < -0.39 is 16.5 Å². The van der Waals surface area contributed by atoms with E-state index >= 15 is 0 Å². The quantitative estimate of drug-likeness (QED) is 0.260. The van der Waals surface area contributed by atoms with Crippen LogP contribution < -0.4 is 10.4 Å². The van der Waals surface area contributed by atoms with Crippen molar-refractivity contribution < 1.29 is 23.6 Å². The number of nitrogens with zero attached hydrogens (tertiary/aromatic N) is 1. The fourth-order valence-electron chi connectivity index (χ4n) is 2.51. The van der Waals surface area contributed by atoms with Gasteiger partial charge in [0.15, 0.2) is 5.75 Å². The van der Waals surface area contributed by atoms with Gasteiger partial charge >= 0.3 is 17.3 Å². The third-order valence-corrected chi connectivity index (χ3v) is 4.25. The van der Waals surface area contributed by atoms with Crippen molar-refractivity contribution in [3.63, 3.8) is 0 Å². The summed E-state index contributed by atoms with van der Waals surface area (Å²) in [6.07, 6.45) is 0. The van der Waals surface area contributed by atoms with Crippen molar-refractivity contribution in [2.45, 2.75) is 6.61 Å². The summed E-state index contributed by atoms with van der Waals surface area (Å²) in [5, 5.41) is 11.9. The summed E-state index contributed by atoms with van der Waals surface area (Å²) in [6.45, 7) is -0.0951. The monoisotopic (exact) mass is 433 g/mol. The molecule has 1 aromatic heterocycles. The maximum atomic E-state index is 11.8. The van der Waals surface area contributed by atoms with Crippen LogP contribution in [0.5, 0.6) is 5.75 Å². The van der Waals surface area contributed by atoms with E-state index in [1.54, 1.807) is 18.2 Å². The van der Waals surface area contributed by atoms with Crippen LogP contribution in [0, 0.1) is 10.1 Å². The molecule has 0 saturated carbocycles. The molecule has 0 fully saturated rings. The number of fused-ring (bicyclic) bond motifs is 1. The van der Waals surface area contributed by atoms with Gasteiger partial charge in [0.25, 0.3) is 0 Å². The van der Waals surface area contributed by atoms with Gasteiger partial charge in [0, 0.05) is 27.6 Å². The maximum absolute atomic E-state index is 11.8. The normalized spacial score (nSPS) is 10.6. The van der Waals surface area contributed by atoms with Crippen LogP contribution in [0.4, 0.5) is 5.69 Å². The molecule has 9 heteroatoms. The Hall–Kier alpha value is -3.20. The highest BCUT2D eigenvalue weighted by atomic mass is 79.9. The molecule has 0 aliphatic carbocycles. The molecule has 3 aromatic rings. The number of halogens is 1. The molecule has 0 spiro atoms. The minimum atomic E-state index is -0.693. The SMILES string of the molecule is COC(=O)c1ccc(OCc2cc(=O)oc3cc(Br)ccc23)c([N+](=O)[O-])c1. The molecule has 8 nitrogen and oxygen atoms in total. The number of carbonyl (C=O) groups excluding carboxylic acids is 1. The molecule has 3 rings (SSSR count). The first-order chi connectivity index (χ1) is 12.9. The third kappa shape index (κ3) is 3.98. The van der Waals surface area contributed by atoms with Gasteiger partial charge in [-0.3, -0.25) is 10.1 Å². The molecule has 27 heavy (non-hydrogen) atoms. The molecule has 0 atom stereocenters. The lowest BCUT2D eigenvalue weighted by Crippen LogP contribution is -2.06. The zero-order valence-corrected chi connectivity index (χ0v) is 15.5. The lowest BCUT2D eigenvalue weighted by molar-refractivity contribution is -0.386. The highest BCUT2D eigenvalue weighted by Crippen LogP contribution is 2.30. The number of benzene rings is 2. The van der Waals surface area contributed by atoms with Gasteiger partial charge < -0.3 is 13.9 Å². The number of nitro benzene ring substituents is 1. The van der Waals surface area contributed by atoms with E-state index in [-0.39, 0.29) is 23.6 Å². The van der Waals surface area contributed by atoms with Crippen molar-refractivity contribution in [2.75, 3.05) is 7.11 Å². The van der Waals surface area contributed by atoms with Gasteiger partial charge in [-0.25, -0.2) is 9.59 Å². The van der Waals surface area contributed by atoms with Crippen LogP contribution in [0.2, 0.25) is 0 Å².